The second-order valence-electron chi connectivity index (χ2n) is 5.05. The van der Waals surface area contributed by atoms with E-state index in [2.05, 4.69) is 26.6 Å². The second-order valence-corrected chi connectivity index (χ2v) is 5.97. The van der Waals surface area contributed by atoms with Gasteiger partial charge in [0.15, 0.2) is 0 Å². The summed E-state index contributed by atoms with van der Waals surface area (Å²) in [5.41, 5.74) is 2.39. The molecule has 21 heavy (non-hydrogen) atoms. The molecule has 0 fully saturated rings. The largest absolute Gasteiger partial charge is 0.384 e. The van der Waals surface area contributed by atoms with E-state index in [1.165, 1.54) is 6.07 Å². The quantitative estimate of drug-likeness (QED) is 0.866. The van der Waals surface area contributed by atoms with Gasteiger partial charge in [-0.3, -0.25) is 4.79 Å². The Labute approximate surface area is 130 Å². The average molecular weight is 349 g/mol. The minimum atomic E-state index is -0.443. The van der Waals surface area contributed by atoms with Gasteiger partial charge in [0, 0.05) is 16.7 Å². The maximum atomic E-state index is 13.8. The standard InChI is InChI=1S/C16H14BrFN2O/c17-12-5-6-15(13(18)8-12)20-16(21)11-7-10-3-1-2-4-14(10)19-9-11/h1-6,8,11,19H,7,9H2,(H,20,21). The van der Waals surface area contributed by atoms with Gasteiger partial charge in [0.2, 0.25) is 5.91 Å². The molecule has 0 saturated carbocycles. The van der Waals surface area contributed by atoms with Crippen molar-refractivity contribution in [2.75, 3.05) is 17.2 Å². The number of rotatable bonds is 2. The molecule has 5 heteroatoms. The van der Waals surface area contributed by atoms with Crippen molar-refractivity contribution < 1.29 is 9.18 Å². The van der Waals surface area contributed by atoms with Crippen LogP contribution in [0, 0.1) is 11.7 Å². The first kappa shape index (κ1) is 14.1. The van der Waals surface area contributed by atoms with Crippen molar-refractivity contribution in [2.24, 2.45) is 5.92 Å². The van der Waals surface area contributed by atoms with Gasteiger partial charge in [0.05, 0.1) is 11.6 Å². The Balaban J connectivity index is 1.72. The van der Waals surface area contributed by atoms with E-state index < -0.39 is 5.82 Å². The monoisotopic (exact) mass is 348 g/mol. The third-order valence-electron chi connectivity index (χ3n) is 3.58. The molecule has 1 amide bonds. The van der Waals surface area contributed by atoms with Crippen LogP contribution in [0.3, 0.4) is 0 Å². The summed E-state index contributed by atoms with van der Waals surface area (Å²) in [7, 11) is 0. The molecule has 0 radical (unpaired) electrons. The van der Waals surface area contributed by atoms with E-state index in [1.54, 1.807) is 12.1 Å². The Kier molecular flexibility index (Phi) is 3.92. The smallest absolute Gasteiger partial charge is 0.229 e. The maximum Gasteiger partial charge on any atom is 0.229 e. The molecule has 1 aliphatic heterocycles. The predicted molar refractivity (Wildman–Crippen MR) is 84.9 cm³/mol. The zero-order valence-electron chi connectivity index (χ0n) is 11.2. The zero-order valence-corrected chi connectivity index (χ0v) is 12.8. The van der Waals surface area contributed by atoms with E-state index in [1.807, 2.05) is 24.3 Å². The number of hydrogen-bond acceptors (Lipinski definition) is 2. The highest BCUT2D eigenvalue weighted by Gasteiger charge is 2.24. The zero-order chi connectivity index (χ0) is 14.8. The van der Waals surface area contributed by atoms with Crippen molar-refractivity contribution in [1.82, 2.24) is 0 Å². The molecule has 3 rings (SSSR count). The molecule has 2 N–H and O–H groups in total. The van der Waals surface area contributed by atoms with Crippen molar-refractivity contribution in [3.8, 4) is 0 Å². The average Bonchev–Trinajstić information content (AvgIpc) is 2.49. The van der Waals surface area contributed by atoms with Crippen LogP contribution in [0.25, 0.3) is 0 Å². The van der Waals surface area contributed by atoms with Gasteiger partial charge in [-0.2, -0.15) is 0 Å². The van der Waals surface area contributed by atoms with Crippen molar-refractivity contribution in [3.05, 3.63) is 58.3 Å². The molecule has 0 saturated heterocycles. The lowest BCUT2D eigenvalue weighted by Crippen LogP contribution is -2.33. The predicted octanol–water partition coefficient (Wildman–Crippen LogP) is 3.81. The Morgan fingerprint density at radius 3 is 2.90 bits per heavy atom. The van der Waals surface area contributed by atoms with Gasteiger partial charge < -0.3 is 10.6 Å². The Morgan fingerprint density at radius 1 is 1.29 bits per heavy atom. The van der Waals surface area contributed by atoms with E-state index in [0.29, 0.717) is 17.4 Å². The summed E-state index contributed by atoms with van der Waals surface area (Å²) in [6, 6.07) is 12.5. The molecule has 2 aromatic rings. The lowest BCUT2D eigenvalue weighted by Gasteiger charge is -2.25. The molecular formula is C16H14BrFN2O. The summed E-state index contributed by atoms with van der Waals surface area (Å²) in [6.45, 7) is 0.557. The number of hydrogen-bond donors (Lipinski definition) is 2. The maximum absolute atomic E-state index is 13.8. The lowest BCUT2D eigenvalue weighted by atomic mass is 9.93. The fourth-order valence-electron chi connectivity index (χ4n) is 2.45. The summed E-state index contributed by atoms with van der Waals surface area (Å²) in [5, 5.41) is 5.90. The Bertz CT molecular complexity index is 690. The Hall–Kier alpha value is -1.88. The fourth-order valence-corrected chi connectivity index (χ4v) is 2.79. The molecule has 1 unspecified atom stereocenters. The van der Waals surface area contributed by atoms with Gasteiger partial charge in [-0.1, -0.05) is 34.1 Å². The van der Waals surface area contributed by atoms with Gasteiger partial charge in [-0.25, -0.2) is 4.39 Å². The number of nitrogens with one attached hydrogen (secondary N) is 2. The molecule has 0 aromatic heterocycles. The molecule has 1 atom stereocenters. The van der Waals surface area contributed by atoms with Crippen molar-refractivity contribution >= 4 is 33.2 Å². The highest BCUT2D eigenvalue weighted by atomic mass is 79.9. The normalized spacial score (nSPS) is 16.8. The number of amides is 1. The minimum Gasteiger partial charge on any atom is -0.384 e. The van der Waals surface area contributed by atoms with Gasteiger partial charge in [0.25, 0.3) is 0 Å². The Morgan fingerprint density at radius 2 is 2.10 bits per heavy atom. The van der Waals surface area contributed by atoms with Crippen LogP contribution in [0.2, 0.25) is 0 Å². The molecule has 108 valence electrons. The molecule has 2 aromatic carbocycles. The van der Waals surface area contributed by atoms with Crippen molar-refractivity contribution in [2.45, 2.75) is 6.42 Å². The first-order valence-electron chi connectivity index (χ1n) is 6.71. The van der Waals surface area contributed by atoms with Crippen LogP contribution in [-0.2, 0) is 11.2 Å². The van der Waals surface area contributed by atoms with Crippen molar-refractivity contribution in [3.63, 3.8) is 0 Å². The van der Waals surface area contributed by atoms with Crippen LogP contribution in [0.15, 0.2) is 46.9 Å². The van der Waals surface area contributed by atoms with Gasteiger partial charge in [-0.15, -0.1) is 0 Å². The van der Waals surface area contributed by atoms with Crippen LogP contribution >= 0.6 is 15.9 Å². The summed E-state index contributed by atoms with van der Waals surface area (Å²) in [4.78, 5) is 12.3. The number of fused-ring (bicyclic) bond motifs is 1. The highest BCUT2D eigenvalue weighted by molar-refractivity contribution is 9.10. The summed E-state index contributed by atoms with van der Waals surface area (Å²) < 4.78 is 14.4. The summed E-state index contributed by atoms with van der Waals surface area (Å²) >= 11 is 3.19. The van der Waals surface area contributed by atoms with Crippen LogP contribution in [0.5, 0.6) is 0 Å². The van der Waals surface area contributed by atoms with Crippen LogP contribution in [0.4, 0.5) is 15.8 Å². The molecular weight excluding hydrogens is 335 g/mol. The molecule has 0 spiro atoms. The molecule has 3 nitrogen and oxygen atoms in total. The first-order chi connectivity index (χ1) is 10.1. The van der Waals surface area contributed by atoms with E-state index in [0.717, 1.165) is 11.3 Å². The van der Waals surface area contributed by atoms with Crippen molar-refractivity contribution in [1.29, 1.82) is 0 Å². The SMILES string of the molecule is O=C(Nc1ccc(Br)cc1F)C1CNc2ccccc2C1. The van der Waals surface area contributed by atoms with E-state index in [4.69, 9.17) is 0 Å². The second kappa shape index (κ2) is 5.85. The van der Waals surface area contributed by atoms with Crippen LogP contribution in [0.1, 0.15) is 5.56 Å². The number of para-hydroxylation sites is 1. The fraction of sp³-hybridized carbons (Fsp3) is 0.188. The third-order valence-corrected chi connectivity index (χ3v) is 4.08. The number of benzene rings is 2. The summed E-state index contributed by atoms with van der Waals surface area (Å²) in [5.74, 6) is -0.817. The highest BCUT2D eigenvalue weighted by Crippen LogP contribution is 2.26. The van der Waals surface area contributed by atoms with E-state index >= 15 is 0 Å². The lowest BCUT2D eigenvalue weighted by molar-refractivity contribution is -0.119. The van der Waals surface area contributed by atoms with Gasteiger partial charge >= 0.3 is 0 Å². The number of carbonyl (C=O) groups excluding carboxylic acids is 1. The van der Waals surface area contributed by atoms with Gasteiger partial charge in [0.1, 0.15) is 5.82 Å². The number of halogens is 2. The van der Waals surface area contributed by atoms with Gasteiger partial charge in [-0.05, 0) is 36.2 Å². The topological polar surface area (TPSA) is 41.1 Å². The van der Waals surface area contributed by atoms with E-state index in [9.17, 15) is 9.18 Å². The first-order valence-corrected chi connectivity index (χ1v) is 7.50. The molecule has 0 aliphatic carbocycles. The van der Waals surface area contributed by atoms with Crippen LogP contribution < -0.4 is 10.6 Å². The molecule has 1 heterocycles. The third kappa shape index (κ3) is 3.08. The summed E-state index contributed by atoms with van der Waals surface area (Å²) in [6.07, 6.45) is 0.660. The number of carbonyl (C=O) groups is 1. The minimum absolute atomic E-state index is 0.168. The van der Waals surface area contributed by atoms with Crippen LogP contribution in [-0.4, -0.2) is 12.5 Å². The molecule has 1 aliphatic rings. The molecule has 0 bridgehead atoms. The van der Waals surface area contributed by atoms with E-state index in [-0.39, 0.29) is 17.5 Å². The number of anilines is 2.